The molecule has 29 heavy (non-hydrogen) atoms. The minimum atomic E-state index is -4.01. The summed E-state index contributed by atoms with van der Waals surface area (Å²) < 4.78 is 48.9. The van der Waals surface area contributed by atoms with Crippen molar-refractivity contribution in [2.75, 3.05) is 11.8 Å². The molecule has 0 fully saturated rings. The van der Waals surface area contributed by atoms with E-state index in [4.69, 9.17) is 4.74 Å². The first-order chi connectivity index (χ1) is 13.9. The van der Waals surface area contributed by atoms with Gasteiger partial charge in [-0.15, -0.1) is 0 Å². The quantitative estimate of drug-likeness (QED) is 0.533. The monoisotopic (exact) mass is 411 g/mol. The Balaban J connectivity index is 1.75. The van der Waals surface area contributed by atoms with Crippen LogP contribution in [0.1, 0.15) is 5.56 Å². The average Bonchev–Trinajstić information content (AvgIpc) is 3.13. The zero-order chi connectivity index (χ0) is 20.6. The lowest BCUT2D eigenvalue weighted by Crippen LogP contribution is -2.14. The fourth-order valence-electron chi connectivity index (χ4n) is 3.10. The summed E-state index contributed by atoms with van der Waals surface area (Å²) in [5.41, 5.74) is 3.39. The number of imidazole rings is 1. The number of hydrogen-bond acceptors (Lipinski definition) is 4. The molecule has 0 radical (unpaired) electrons. The molecule has 0 spiro atoms. The van der Waals surface area contributed by atoms with Gasteiger partial charge in [0.1, 0.15) is 5.65 Å². The number of pyridine rings is 1. The van der Waals surface area contributed by atoms with Gasteiger partial charge in [0.2, 0.25) is 0 Å². The molecular formula is C21H18FN3O3S. The van der Waals surface area contributed by atoms with Crippen molar-refractivity contribution in [3.63, 3.8) is 0 Å². The molecule has 0 aliphatic rings. The number of halogens is 1. The number of nitrogens with zero attached hydrogens (tertiary/aromatic N) is 2. The summed E-state index contributed by atoms with van der Waals surface area (Å²) >= 11 is 0. The number of ether oxygens (including phenoxy) is 1. The molecule has 0 amide bonds. The topological polar surface area (TPSA) is 72.7 Å². The molecule has 0 saturated heterocycles. The minimum absolute atomic E-state index is 0.0237. The number of fused-ring (bicyclic) bond motifs is 1. The van der Waals surface area contributed by atoms with E-state index in [1.165, 1.54) is 19.2 Å². The lowest BCUT2D eigenvalue weighted by molar-refractivity contribution is 0.385. The van der Waals surface area contributed by atoms with Crippen LogP contribution in [0.4, 0.5) is 10.1 Å². The van der Waals surface area contributed by atoms with E-state index < -0.39 is 15.8 Å². The molecule has 8 heteroatoms. The van der Waals surface area contributed by atoms with Gasteiger partial charge in [0.05, 0.1) is 23.4 Å². The Morgan fingerprint density at radius 3 is 2.62 bits per heavy atom. The maximum atomic E-state index is 14.0. The predicted molar refractivity (Wildman–Crippen MR) is 109 cm³/mol. The Morgan fingerprint density at radius 2 is 1.90 bits per heavy atom. The first-order valence-electron chi connectivity index (χ1n) is 8.79. The number of aromatic nitrogens is 2. The zero-order valence-corrected chi connectivity index (χ0v) is 16.6. The second-order valence-electron chi connectivity index (χ2n) is 6.50. The Morgan fingerprint density at radius 1 is 1.10 bits per heavy atom. The van der Waals surface area contributed by atoms with Crippen molar-refractivity contribution in [3.05, 3.63) is 78.4 Å². The average molecular weight is 411 g/mol. The summed E-state index contributed by atoms with van der Waals surface area (Å²) in [5.74, 6) is -0.774. The van der Waals surface area contributed by atoms with Crippen molar-refractivity contribution in [3.8, 4) is 17.0 Å². The smallest absolute Gasteiger partial charge is 0.262 e. The van der Waals surface area contributed by atoms with E-state index in [0.717, 1.165) is 17.3 Å². The summed E-state index contributed by atoms with van der Waals surface area (Å²) in [6, 6.07) is 14.3. The van der Waals surface area contributed by atoms with Crippen molar-refractivity contribution < 1.29 is 17.5 Å². The number of aryl methyl sites for hydroxylation is 1. The first kappa shape index (κ1) is 18.9. The van der Waals surface area contributed by atoms with Crippen LogP contribution >= 0.6 is 0 Å². The lowest BCUT2D eigenvalue weighted by atomic mass is 10.1. The van der Waals surface area contributed by atoms with Gasteiger partial charge in [0, 0.05) is 18.0 Å². The zero-order valence-electron chi connectivity index (χ0n) is 15.8. The number of para-hydroxylation sites is 1. The lowest BCUT2D eigenvalue weighted by Gasteiger charge is -2.12. The number of sulfonamides is 1. The number of hydrogen-bond donors (Lipinski definition) is 1. The fraction of sp³-hybridized carbons (Fsp3) is 0.0952. The molecule has 6 nitrogen and oxygen atoms in total. The van der Waals surface area contributed by atoms with Gasteiger partial charge in [-0.05, 0) is 42.8 Å². The van der Waals surface area contributed by atoms with Gasteiger partial charge < -0.3 is 9.14 Å². The number of methoxy groups -OCH3 is 1. The van der Waals surface area contributed by atoms with Crippen molar-refractivity contribution in [1.29, 1.82) is 0 Å². The van der Waals surface area contributed by atoms with E-state index in [0.29, 0.717) is 16.9 Å². The molecule has 0 atom stereocenters. The number of benzene rings is 2. The molecular weight excluding hydrogens is 393 g/mol. The maximum Gasteiger partial charge on any atom is 0.262 e. The summed E-state index contributed by atoms with van der Waals surface area (Å²) in [4.78, 5) is 4.44. The van der Waals surface area contributed by atoms with E-state index in [9.17, 15) is 12.8 Å². The number of anilines is 1. The number of rotatable bonds is 5. The van der Waals surface area contributed by atoms with Gasteiger partial charge in [-0.3, -0.25) is 4.72 Å². The summed E-state index contributed by atoms with van der Waals surface area (Å²) in [5, 5.41) is 0. The molecule has 0 saturated carbocycles. The van der Waals surface area contributed by atoms with Crippen molar-refractivity contribution in [2.45, 2.75) is 11.8 Å². The van der Waals surface area contributed by atoms with Gasteiger partial charge in [-0.2, -0.15) is 0 Å². The summed E-state index contributed by atoms with van der Waals surface area (Å²) in [7, 11) is -2.69. The normalized spacial score (nSPS) is 11.6. The van der Waals surface area contributed by atoms with Gasteiger partial charge >= 0.3 is 0 Å². The van der Waals surface area contributed by atoms with Crippen LogP contribution in [0.3, 0.4) is 0 Å². The highest BCUT2D eigenvalue weighted by Gasteiger charge is 2.19. The van der Waals surface area contributed by atoms with Gasteiger partial charge in [-0.25, -0.2) is 17.8 Å². The molecule has 0 unspecified atom stereocenters. The molecule has 0 aliphatic carbocycles. The summed E-state index contributed by atoms with van der Waals surface area (Å²) in [6.07, 6.45) is 3.72. The number of nitrogens with one attached hydrogen (secondary N) is 1. The van der Waals surface area contributed by atoms with Crippen LogP contribution in [-0.2, 0) is 10.0 Å². The second kappa shape index (κ2) is 7.21. The Labute approximate surface area is 167 Å². The van der Waals surface area contributed by atoms with Crippen LogP contribution in [0, 0.1) is 12.7 Å². The third-order valence-electron chi connectivity index (χ3n) is 4.56. The molecule has 2 heterocycles. The molecule has 0 aliphatic heterocycles. The third-order valence-corrected chi connectivity index (χ3v) is 5.92. The molecule has 2 aromatic carbocycles. The van der Waals surface area contributed by atoms with Gasteiger partial charge in [0.15, 0.2) is 11.6 Å². The van der Waals surface area contributed by atoms with Crippen LogP contribution in [0.25, 0.3) is 16.9 Å². The van der Waals surface area contributed by atoms with E-state index in [2.05, 4.69) is 9.71 Å². The van der Waals surface area contributed by atoms with Crippen LogP contribution in [0.5, 0.6) is 5.75 Å². The molecule has 4 rings (SSSR count). The maximum absolute atomic E-state index is 14.0. The fourth-order valence-corrected chi connectivity index (χ4v) is 4.19. The largest absolute Gasteiger partial charge is 0.494 e. The summed E-state index contributed by atoms with van der Waals surface area (Å²) in [6.45, 7) is 1.96. The second-order valence-corrected chi connectivity index (χ2v) is 8.18. The molecule has 2 aromatic heterocycles. The highest BCUT2D eigenvalue weighted by Crippen LogP contribution is 2.30. The van der Waals surface area contributed by atoms with Crippen molar-refractivity contribution in [1.82, 2.24) is 9.38 Å². The van der Waals surface area contributed by atoms with Crippen molar-refractivity contribution in [2.24, 2.45) is 0 Å². The molecule has 148 valence electrons. The molecule has 4 aromatic rings. The van der Waals surface area contributed by atoms with Gasteiger partial charge in [-0.1, -0.05) is 24.3 Å². The minimum Gasteiger partial charge on any atom is -0.494 e. The first-order valence-corrected chi connectivity index (χ1v) is 10.3. The van der Waals surface area contributed by atoms with E-state index >= 15 is 0 Å². The highest BCUT2D eigenvalue weighted by molar-refractivity contribution is 7.92. The van der Waals surface area contributed by atoms with Crippen LogP contribution in [-0.4, -0.2) is 24.9 Å². The van der Waals surface area contributed by atoms with E-state index in [1.807, 2.05) is 35.9 Å². The van der Waals surface area contributed by atoms with Crippen LogP contribution < -0.4 is 9.46 Å². The van der Waals surface area contributed by atoms with Crippen LogP contribution in [0.2, 0.25) is 0 Å². The van der Waals surface area contributed by atoms with Crippen molar-refractivity contribution >= 4 is 21.4 Å². The van der Waals surface area contributed by atoms with Gasteiger partial charge in [0.25, 0.3) is 10.0 Å². The van der Waals surface area contributed by atoms with E-state index in [-0.39, 0.29) is 10.6 Å². The predicted octanol–water partition coefficient (Wildman–Crippen LogP) is 4.26. The third kappa shape index (κ3) is 3.54. The SMILES string of the molecule is COc1ccc(S(=O)(=O)Nc2ccccc2-c2cn3cccc(C)c3n2)cc1F. The molecule has 0 bridgehead atoms. The standard InChI is InChI=1S/C21H18FN3O3S/c1-14-6-5-11-25-13-19(23-21(14)25)16-7-3-4-8-18(16)24-29(26,27)15-9-10-20(28-2)17(22)12-15/h3-13,24H,1-2H3. The Hall–Kier alpha value is -3.39. The Bertz CT molecular complexity index is 1320. The van der Waals surface area contributed by atoms with E-state index in [1.54, 1.807) is 24.3 Å². The molecule has 1 N–H and O–H groups in total. The van der Waals surface area contributed by atoms with Crippen LogP contribution in [0.15, 0.2) is 71.9 Å². The highest BCUT2D eigenvalue weighted by atomic mass is 32.2. The Kier molecular flexibility index (Phi) is 4.71.